The van der Waals surface area contributed by atoms with Crippen molar-refractivity contribution >= 4 is 17.5 Å². The molecule has 1 N–H and O–H groups in total. The molecule has 0 atom stereocenters. The van der Waals surface area contributed by atoms with Crippen LogP contribution < -0.4 is 5.32 Å². The molecule has 0 saturated heterocycles. The molecule has 0 aliphatic rings. The summed E-state index contributed by atoms with van der Waals surface area (Å²) in [5.74, 6) is 0.0829. The molecule has 0 unspecified atom stereocenters. The van der Waals surface area contributed by atoms with Crippen LogP contribution in [-0.2, 0) is 4.74 Å². The molecular weight excluding hydrogens is 252 g/mol. The van der Waals surface area contributed by atoms with Crippen molar-refractivity contribution in [2.45, 2.75) is 26.7 Å². The van der Waals surface area contributed by atoms with E-state index in [1.54, 1.807) is 12.1 Å². The van der Waals surface area contributed by atoms with Crippen molar-refractivity contribution in [1.29, 1.82) is 0 Å². The first-order chi connectivity index (χ1) is 8.54. The van der Waals surface area contributed by atoms with E-state index in [1.165, 1.54) is 0 Å². The summed E-state index contributed by atoms with van der Waals surface area (Å²) in [4.78, 5) is 16.1. The lowest BCUT2D eigenvalue weighted by atomic mass is 10.1. The van der Waals surface area contributed by atoms with E-state index in [2.05, 4.69) is 10.3 Å². The molecule has 4 nitrogen and oxygen atoms in total. The standard InChI is InChI=1S/C13H19ClN2O2/c1-4-18-6-5-15-13(17)10-7-11(9(2)3)16-12(14)8-10/h7-9H,4-6H2,1-3H3,(H,15,17). The maximum atomic E-state index is 11.9. The van der Waals surface area contributed by atoms with E-state index in [9.17, 15) is 4.79 Å². The fraction of sp³-hybridized carbons (Fsp3) is 0.538. The molecule has 18 heavy (non-hydrogen) atoms. The lowest BCUT2D eigenvalue weighted by molar-refractivity contribution is 0.0922. The van der Waals surface area contributed by atoms with Gasteiger partial charge in [0.15, 0.2) is 0 Å². The zero-order valence-corrected chi connectivity index (χ0v) is 11.8. The largest absolute Gasteiger partial charge is 0.380 e. The summed E-state index contributed by atoms with van der Waals surface area (Å²) in [6, 6.07) is 3.34. The number of nitrogens with zero attached hydrogens (tertiary/aromatic N) is 1. The van der Waals surface area contributed by atoms with Crippen LogP contribution >= 0.6 is 11.6 Å². The van der Waals surface area contributed by atoms with Gasteiger partial charge in [-0.3, -0.25) is 4.79 Å². The molecular formula is C13H19ClN2O2. The predicted molar refractivity (Wildman–Crippen MR) is 72.2 cm³/mol. The third-order valence-electron chi connectivity index (χ3n) is 2.40. The summed E-state index contributed by atoms with van der Waals surface area (Å²) < 4.78 is 5.15. The number of nitrogens with one attached hydrogen (secondary N) is 1. The quantitative estimate of drug-likeness (QED) is 0.639. The minimum atomic E-state index is -0.152. The number of pyridine rings is 1. The predicted octanol–water partition coefficient (Wildman–Crippen LogP) is 2.62. The summed E-state index contributed by atoms with van der Waals surface area (Å²) in [6.07, 6.45) is 0. The van der Waals surface area contributed by atoms with E-state index < -0.39 is 0 Å². The molecule has 1 heterocycles. The lowest BCUT2D eigenvalue weighted by Gasteiger charge is -2.09. The average Bonchev–Trinajstić information content (AvgIpc) is 2.33. The summed E-state index contributed by atoms with van der Waals surface area (Å²) in [6.45, 7) is 7.58. The van der Waals surface area contributed by atoms with Gasteiger partial charge in [0.1, 0.15) is 5.15 Å². The van der Waals surface area contributed by atoms with Gasteiger partial charge < -0.3 is 10.1 Å². The van der Waals surface area contributed by atoms with Gasteiger partial charge in [-0.2, -0.15) is 0 Å². The van der Waals surface area contributed by atoms with Gasteiger partial charge in [0.2, 0.25) is 0 Å². The van der Waals surface area contributed by atoms with Gasteiger partial charge in [0, 0.05) is 24.4 Å². The van der Waals surface area contributed by atoms with Gasteiger partial charge >= 0.3 is 0 Å². The highest BCUT2D eigenvalue weighted by molar-refractivity contribution is 6.29. The van der Waals surface area contributed by atoms with E-state index in [0.29, 0.717) is 30.5 Å². The van der Waals surface area contributed by atoms with E-state index in [-0.39, 0.29) is 11.8 Å². The number of hydrogen-bond acceptors (Lipinski definition) is 3. The Balaban J connectivity index is 2.67. The van der Waals surface area contributed by atoms with Crippen molar-refractivity contribution < 1.29 is 9.53 Å². The monoisotopic (exact) mass is 270 g/mol. The average molecular weight is 271 g/mol. The second kappa shape index (κ2) is 7.34. The van der Waals surface area contributed by atoms with Gasteiger partial charge in [-0.05, 0) is 25.0 Å². The number of rotatable bonds is 6. The molecule has 100 valence electrons. The van der Waals surface area contributed by atoms with Crippen LogP contribution in [0.25, 0.3) is 0 Å². The molecule has 0 aliphatic carbocycles. The van der Waals surface area contributed by atoms with Crippen LogP contribution in [-0.4, -0.2) is 30.6 Å². The Bertz CT molecular complexity index is 408. The molecule has 5 heteroatoms. The summed E-state index contributed by atoms with van der Waals surface area (Å²) in [7, 11) is 0. The van der Waals surface area contributed by atoms with E-state index >= 15 is 0 Å². The van der Waals surface area contributed by atoms with Crippen molar-refractivity contribution in [3.63, 3.8) is 0 Å². The number of amides is 1. The van der Waals surface area contributed by atoms with Crippen molar-refractivity contribution in [3.05, 3.63) is 28.5 Å². The van der Waals surface area contributed by atoms with Crippen molar-refractivity contribution in [2.24, 2.45) is 0 Å². The second-order valence-corrected chi connectivity index (χ2v) is 4.60. The number of carbonyl (C=O) groups excluding carboxylic acids is 1. The normalized spacial score (nSPS) is 10.7. The van der Waals surface area contributed by atoms with Gasteiger partial charge in [-0.1, -0.05) is 25.4 Å². The summed E-state index contributed by atoms with van der Waals surface area (Å²) in [5.41, 5.74) is 1.35. The highest BCUT2D eigenvalue weighted by atomic mass is 35.5. The molecule has 1 aromatic heterocycles. The fourth-order valence-corrected chi connectivity index (χ4v) is 1.64. The Labute approximate surface area is 113 Å². The number of halogens is 1. The molecule has 0 aromatic carbocycles. The third kappa shape index (κ3) is 4.63. The third-order valence-corrected chi connectivity index (χ3v) is 2.60. The fourth-order valence-electron chi connectivity index (χ4n) is 1.43. The minimum absolute atomic E-state index is 0.152. The SMILES string of the molecule is CCOCCNC(=O)c1cc(Cl)nc(C(C)C)c1. The van der Waals surface area contributed by atoms with E-state index in [0.717, 1.165) is 5.69 Å². The maximum absolute atomic E-state index is 11.9. The zero-order valence-electron chi connectivity index (χ0n) is 11.0. The molecule has 0 radical (unpaired) electrons. The Morgan fingerprint density at radius 3 is 2.83 bits per heavy atom. The minimum Gasteiger partial charge on any atom is -0.380 e. The number of aromatic nitrogens is 1. The van der Waals surface area contributed by atoms with E-state index in [4.69, 9.17) is 16.3 Å². The first-order valence-electron chi connectivity index (χ1n) is 6.08. The van der Waals surface area contributed by atoms with Crippen LogP contribution in [0.2, 0.25) is 5.15 Å². The topological polar surface area (TPSA) is 51.2 Å². The smallest absolute Gasteiger partial charge is 0.251 e. The van der Waals surface area contributed by atoms with Crippen LogP contribution in [0.3, 0.4) is 0 Å². The van der Waals surface area contributed by atoms with Crippen LogP contribution in [0, 0.1) is 0 Å². The molecule has 0 fully saturated rings. The van der Waals surface area contributed by atoms with Crippen LogP contribution in [0.5, 0.6) is 0 Å². The van der Waals surface area contributed by atoms with Crippen LogP contribution in [0.4, 0.5) is 0 Å². The molecule has 1 rings (SSSR count). The molecule has 0 bridgehead atoms. The summed E-state index contributed by atoms with van der Waals surface area (Å²) in [5, 5.41) is 3.12. The molecule has 1 aromatic rings. The highest BCUT2D eigenvalue weighted by Crippen LogP contribution is 2.17. The maximum Gasteiger partial charge on any atom is 0.251 e. The van der Waals surface area contributed by atoms with Gasteiger partial charge in [0.05, 0.1) is 6.61 Å². The Kier molecular flexibility index (Phi) is 6.09. The number of hydrogen-bond donors (Lipinski definition) is 1. The Hall–Kier alpha value is -1.13. The van der Waals surface area contributed by atoms with Crippen molar-refractivity contribution in [2.75, 3.05) is 19.8 Å². The van der Waals surface area contributed by atoms with Gasteiger partial charge in [-0.15, -0.1) is 0 Å². The van der Waals surface area contributed by atoms with Crippen LogP contribution in [0.1, 0.15) is 42.7 Å². The molecule has 0 aliphatic heterocycles. The van der Waals surface area contributed by atoms with Gasteiger partial charge in [-0.25, -0.2) is 4.98 Å². The molecule has 0 spiro atoms. The Morgan fingerprint density at radius 1 is 1.50 bits per heavy atom. The van der Waals surface area contributed by atoms with Crippen LogP contribution in [0.15, 0.2) is 12.1 Å². The first-order valence-corrected chi connectivity index (χ1v) is 6.45. The number of ether oxygens (including phenoxy) is 1. The number of carbonyl (C=O) groups is 1. The van der Waals surface area contributed by atoms with Crippen molar-refractivity contribution in [3.8, 4) is 0 Å². The van der Waals surface area contributed by atoms with Gasteiger partial charge in [0.25, 0.3) is 5.91 Å². The molecule has 1 amide bonds. The van der Waals surface area contributed by atoms with Crippen molar-refractivity contribution in [1.82, 2.24) is 10.3 Å². The first kappa shape index (κ1) is 14.9. The summed E-state index contributed by atoms with van der Waals surface area (Å²) >= 11 is 5.91. The Morgan fingerprint density at radius 2 is 2.22 bits per heavy atom. The second-order valence-electron chi connectivity index (χ2n) is 4.21. The lowest BCUT2D eigenvalue weighted by Crippen LogP contribution is -2.27. The highest BCUT2D eigenvalue weighted by Gasteiger charge is 2.10. The van der Waals surface area contributed by atoms with E-state index in [1.807, 2.05) is 20.8 Å². The zero-order chi connectivity index (χ0) is 13.5. The molecule has 0 saturated carbocycles.